The van der Waals surface area contributed by atoms with Gasteiger partial charge in [-0.25, -0.2) is 4.99 Å². The van der Waals surface area contributed by atoms with Gasteiger partial charge in [0.25, 0.3) is 0 Å². The van der Waals surface area contributed by atoms with Crippen LogP contribution in [-0.4, -0.2) is 12.4 Å². The van der Waals surface area contributed by atoms with Gasteiger partial charge in [-0.05, 0) is 17.7 Å². The lowest BCUT2D eigenvalue weighted by atomic mass is 10.00. The molecule has 0 aromatic heterocycles. The number of aliphatic imine (C=N–C) groups is 1. The molecule has 1 aliphatic heterocycles. The Morgan fingerprint density at radius 3 is 1.67 bits per heavy atom. The Morgan fingerprint density at radius 1 is 0.583 bits per heavy atom. The summed E-state index contributed by atoms with van der Waals surface area (Å²) in [7, 11) is 0. The van der Waals surface area contributed by atoms with Gasteiger partial charge in [-0.3, -0.25) is 0 Å². The molecule has 0 N–H and O–H groups in total. The number of nitrogens with zero attached hydrogens (tertiary/aromatic N) is 1. The molecule has 0 saturated heterocycles. The van der Waals surface area contributed by atoms with Crippen LogP contribution < -0.4 is 0 Å². The van der Waals surface area contributed by atoms with Gasteiger partial charge in [0.15, 0.2) is 0 Å². The number of hydrogen-bond acceptors (Lipinski definition) is 2. The molecule has 24 heavy (non-hydrogen) atoms. The van der Waals surface area contributed by atoms with Crippen molar-refractivity contribution in [3.05, 3.63) is 108 Å². The van der Waals surface area contributed by atoms with E-state index in [9.17, 15) is 0 Å². The van der Waals surface area contributed by atoms with E-state index in [-0.39, 0.29) is 0 Å². The minimum absolute atomic E-state index is 0.610. The van der Waals surface area contributed by atoms with Crippen LogP contribution >= 0.6 is 0 Å². The van der Waals surface area contributed by atoms with Gasteiger partial charge in [0.1, 0.15) is 5.76 Å². The summed E-state index contributed by atoms with van der Waals surface area (Å²) in [5.41, 5.74) is 4.33. The third kappa shape index (κ3) is 2.86. The number of hydrogen-bond donors (Lipinski definition) is 0. The minimum atomic E-state index is 0.610. The fourth-order valence-corrected chi connectivity index (χ4v) is 2.83. The van der Waals surface area contributed by atoms with Crippen LogP contribution in [0.5, 0.6) is 0 Å². The summed E-state index contributed by atoms with van der Waals surface area (Å²) in [6, 6.07) is 30.6. The fraction of sp³-hybridized carbons (Fsp3) is 0.0455. The van der Waals surface area contributed by atoms with E-state index < -0.39 is 0 Å². The first-order valence-electron chi connectivity index (χ1n) is 8.03. The maximum atomic E-state index is 6.26. The lowest BCUT2D eigenvalue weighted by Gasteiger charge is -2.21. The highest BCUT2D eigenvalue weighted by Crippen LogP contribution is 2.31. The average Bonchev–Trinajstić information content (AvgIpc) is 2.69. The van der Waals surface area contributed by atoms with Crippen molar-refractivity contribution in [2.45, 2.75) is 0 Å². The highest BCUT2D eigenvalue weighted by atomic mass is 16.5. The monoisotopic (exact) mass is 311 g/mol. The number of ether oxygens (including phenoxy) is 1. The van der Waals surface area contributed by atoms with Crippen molar-refractivity contribution in [2.24, 2.45) is 4.99 Å². The molecule has 0 amide bonds. The summed E-state index contributed by atoms with van der Waals surface area (Å²) in [6.45, 7) is 0.610. The van der Waals surface area contributed by atoms with Gasteiger partial charge in [-0.15, -0.1) is 0 Å². The van der Waals surface area contributed by atoms with Gasteiger partial charge >= 0.3 is 0 Å². The van der Waals surface area contributed by atoms with E-state index in [1.165, 1.54) is 0 Å². The van der Waals surface area contributed by atoms with Crippen molar-refractivity contribution in [3.63, 3.8) is 0 Å². The quantitative estimate of drug-likeness (QED) is 0.664. The average molecular weight is 311 g/mol. The van der Waals surface area contributed by atoms with Crippen LogP contribution in [0.4, 0.5) is 0 Å². The Hall–Kier alpha value is -3.13. The third-order valence-corrected chi connectivity index (χ3v) is 4.03. The zero-order chi connectivity index (χ0) is 16.2. The molecule has 2 heteroatoms. The van der Waals surface area contributed by atoms with E-state index in [1.807, 2.05) is 66.7 Å². The lowest BCUT2D eigenvalue weighted by molar-refractivity contribution is 0.500. The Morgan fingerprint density at radius 2 is 1.08 bits per heavy atom. The normalized spacial score (nSPS) is 14.1. The van der Waals surface area contributed by atoms with E-state index >= 15 is 0 Å². The summed E-state index contributed by atoms with van der Waals surface area (Å²) in [5, 5.41) is 0. The van der Waals surface area contributed by atoms with E-state index in [0.29, 0.717) is 12.4 Å². The Kier molecular flexibility index (Phi) is 3.95. The number of benzene rings is 3. The molecular formula is C22H17NO. The summed E-state index contributed by atoms with van der Waals surface area (Å²) >= 11 is 0. The molecule has 116 valence electrons. The van der Waals surface area contributed by atoms with Crippen LogP contribution in [0.1, 0.15) is 16.7 Å². The van der Waals surface area contributed by atoms with Crippen LogP contribution in [0.25, 0.3) is 11.3 Å². The van der Waals surface area contributed by atoms with Gasteiger partial charge in [-0.1, -0.05) is 78.9 Å². The molecule has 0 spiro atoms. The topological polar surface area (TPSA) is 21.6 Å². The Bertz CT molecular complexity index is 881. The van der Waals surface area contributed by atoms with Crippen molar-refractivity contribution >= 4 is 17.2 Å². The van der Waals surface area contributed by atoms with Crippen molar-refractivity contribution in [1.82, 2.24) is 0 Å². The highest BCUT2D eigenvalue weighted by Gasteiger charge is 2.20. The molecule has 4 rings (SSSR count). The SMILES string of the molecule is c1ccc(C2=NCC(c3ccccc3)=C(c3ccccc3)O2)cc1. The van der Waals surface area contributed by atoms with Crippen molar-refractivity contribution < 1.29 is 4.74 Å². The van der Waals surface area contributed by atoms with Crippen LogP contribution in [0.3, 0.4) is 0 Å². The predicted octanol–water partition coefficient (Wildman–Crippen LogP) is 5.03. The standard InChI is InChI=1S/C22H17NO/c1-4-10-17(11-5-1)20-16-23-22(19-14-8-3-9-15-19)24-21(20)18-12-6-2-7-13-18/h1-15H,16H2. The van der Waals surface area contributed by atoms with E-state index in [2.05, 4.69) is 29.3 Å². The second-order valence-corrected chi connectivity index (χ2v) is 5.63. The van der Waals surface area contributed by atoms with Gasteiger partial charge < -0.3 is 4.74 Å². The van der Waals surface area contributed by atoms with Crippen LogP contribution in [0, 0.1) is 0 Å². The third-order valence-electron chi connectivity index (χ3n) is 4.03. The van der Waals surface area contributed by atoms with E-state index in [4.69, 9.17) is 4.74 Å². The first-order valence-corrected chi connectivity index (χ1v) is 8.03. The lowest BCUT2D eigenvalue weighted by Crippen LogP contribution is -2.14. The fourth-order valence-electron chi connectivity index (χ4n) is 2.83. The van der Waals surface area contributed by atoms with Crippen molar-refractivity contribution in [1.29, 1.82) is 0 Å². The molecule has 0 saturated carbocycles. The molecule has 0 aliphatic carbocycles. The second-order valence-electron chi connectivity index (χ2n) is 5.63. The Labute approximate surface area is 141 Å². The maximum absolute atomic E-state index is 6.26. The molecule has 3 aromatic rings. The van der Waals surface area contributed by atoms with E-state index in [0.717, 1.165) is 28.0 Å². The summed E-state index contributed by atoms with van der Waals surface area (Å²) in [6.07, 6.45) is 0. The largest absolute Gasteiger partial charge is 0.438 e. The molecule has 0 atom stereocenters. The molecule has 0 bridgehead atoms. The van der Waals surface area contributed by atoms with Crippen molar-refractivity contribution in [3.8, 4) is 0 Å². The maximum Gasteiger partial charge on any atom is 0.222 e. The second kappa shape index (κ2) is 6.55. The van der Waals surface area contributed by atoms with Crippen LogP contribution in [0.2, 0.25) is 0 Å². The first kappa shape index (κ1) is 14.5. The predicted molar refractivity (Wildman–Crippen MR) is 98.6 cm³/mol. The molecule has 3 aromatic carbocycles. The number of rotatable bonds is 3. The van der Waals surface area contributed by atoms with Crippen molar-refractivity contribution in [2.75, 3.05) is 6.54 Å². The van der Waals surface area contributed by atoms with Crippen LogP contribution in [-0.2, 0) is 4.74 Å². The smallest absolute Gasteiger partial charge is 0.222 e. The van der Waals surface area contributed by atoms with Gasteiger partial charge in [-0.2, -0.15) is 0 Å². The van der Waals surface area contributed by atoms with E-state index in [1.54, 1.807) is 0 Å². The highest BCUT2D eigenvalue weighted by molar-refractivity contribution is 6.03. The van der Waals surface area contributed by atoms with Crippen LogP contribution in [0.15, 0.2) is 96.0 Å². The molecule has 1 heterocycles. The zero-order valence-electron chi connectivity index (χ0n) is 13.2. The molecule has 0 radical (unpaired) electrons. The zero-order valence-corrected chi connectivity index (χ0v) is 13.2. The molecule has 0 unspecified atom stereocenters. The summed E-state index contributed by atoms with van der Waals surface area (Å²) in [4.78, 5) is 4.67. The first-order chi connectivity index (χ1) is 11.9. The molecule has 2 nitrogen and oxygen atoms in total. The van der Waals surface area contributed by atoms with Gasteiger partial charge in [0, 0.05) is 16.7 Å². The molecular weight excluding hydrogens is 294 g/mol. The Balaban J connectivity index is 1.79. The molecule has 1 aliphatic rings. The summed E-state index contributed by atoms with van der Waals surface area (Å²) in [5.74, 6) is 1.56. The van der Waals surface area contributed by atoms with Gasteiger partial charge in [0.05, 0.1) is 6.54 Å². The summed E-state index contributed by atoms with van der Waals surface area (Å²) < 4.78 is 6.26. The minimum Gasteiger partial charge on any atom is -0.438 e. The molecule has 0 fully saturated rings. The van der Waals surface area contributed by atoms with Gasteiger partial charge in [0.2, 0.25) is 5.90 Å².